The van der Waals surface area contributed by atoms with Crippen molar-refractivity contribution in [1.29, 1.82) is 0 Å². The Hall–Kier alpha value is -1.36. The summed E-state index contributed by atoms with van der Waals surface area (Å²) in [5, 5.41) is 0. The molecule has 0 radical (unpaired) electrons. The van der Waals surface area contributed by atoms with E-state index >= 15 is 0 Å². The molecule has 1 amide bonds. The third kappa shape index (κ3) is 2.49. The molecule has 0 saturated carbocycles. The summed E-state index contributed by atoms with van der Waals surface area (Å²) in [5.74, 6) is 0.532. The predicted octanol–water partition coefficient (Wildman–Crippen LogP) is 1.87. The second kappa shape index (κ2) is 4.87. The van der Waals surface area contributed by atoms with E-state index in [4.69, 9.17) is 4.74 Å². The molecule has 2 rings (SSSR count). The minimum Gasteiger partial charge on any atom is -0.481 e. The van der Waals surface area contributed by atoms with E-state index in [9.17, 15) is 9.59 Å². The van der Waals surface area contributed by atoms with Crippen molar-refractivity contribution in [2.45, 2.75) is 12.5 Å². The molecular formula is C12H12BrNO3. The lowest BCUT2D eigenvalue weighted by Gasteiger charge is -2.13. The van der Waals surface area contributed by atoms with Gasteiger partial charge in [-0.3, -0.25) is 9.59 Å². The molecule has 0 aromatic heterocycles. The maximum atomic E-state index is 11.7. The van der Waals surface area contributed by atoms with Crippen LogP contribution in [-0.2, 0) is 4.79 Å². The van der Waals surface area contributed by atoms with E-state index in [1.807, 2.05) is 0 Å². The van der Waals surface area contributed by atoms with Crippen LogP contribution in [0.2, 0.25) is 0 Å². The van der Waals surface area contributed by atoms with Crippen LogP contribution in [0.4, 0.5) is 0 Å². The highest BCUT2D eigenvalue weighted by Gasteiger charge is 2.30. The van der Waals surface area contributed by atoms with Crippen molar-refractivity contribution in [2.24, 2.45) is 0 Å². The third-order valence-electron chi connectivity index (χ3n) is 2.75. The highest BCUT2D eigenvalue weighted by atomic mass is 79.9. The summed E-state index contributed by atoms with van der Waals surface area (Å²) < 4.78 is 6.30. The number of aldehydes is 1. The molecule has 1 aromatic carbocycles. The molecule has 1 heterocycles. The van der Waals surface area contributed by atoms with Gasteiger partial charge in [0.15, 0.2) is 12.4 Å². The van der Waals surface area contributed by atoms with Crippen LogP contribution >= 0.6 is 15.9 Å². The van der Waals surface area contributed by atoms with Crippen LogP contribution in [-0.4, -0.2) is 36.8 Å². The Bertz CT molecular complexity index is 461. The SMILES string of the molecule is CN1CCC(Oc2ccc(Br)c(C=O)c2)C1=O. The quantitative estimate of drug-likeness (QED) is 0.800. The summed E-state index contributed by atoms with van der Waals surface area (Å²) in [5.41, 5.74) is 0.515. The Balaban J connectivity index is 2.14. The minimum atomic E-state index is -0.430. The maximum Gasteiger partial charge on any atom is 0.263 e. The van der Waals surface area contributed by atoms with Crippen LogP contribution in [0.5, 0.6) is 5.75 Å². The van der Waals surface area contributed by atoms with Gasteiger partial charge >= 0.3 is 0 Å². The van der Waals surface area contributed by atoms with Crippen LogP contribution in [0.15, 0.2) is 22.7 Å². The number of ether oxygens (including phenoxy) is 1. The minimum absolute atomic E-state index is 0.0134. The molecular weight excluding hydrogens is 286 g/mol. The Morgan fingerprint density at radius 2 is 2.29 bits per heavy atom. The molecule has 5 heteroatoms. The van der Waals surface area contributed by atoms with Gasteiger partial charge in [-0.25, -0.2) is 0 Å². The number of likely N-dealkylation sites (tertiary alicyclic amines) is 1. The Morgan fingerprint density at radius 3 is 2.88 bits per heavy atom. The average molecular weight is 298 g/mol. The van der Waals surface area contributed by atoms with Gasteiger partial charge in [0.25, 0.3) is 5.91 Å². The third-order valence-corrected chi connectivity index (χ3v) is 3.47. The zero-order chi connectivity index (χ0) is 12.4. The van der Waals surface area contributed by atoms with Crippen LogP contribution < -0.4 is 4.74 Å². The van der Waals surface area contributed by atoms with Crippen molar-refractivity contribution < 1.29 is 14.3 Å². The molecule has 0 aliphatic carbocycles. The van der Waals surface area contributed by atoms with Crippen molar-refractivity contribution in [2.75, 3.05) is 13.6 Å². The zero-order valence-corrected chi connectivity index (χ0v) is 10.9. The second-order valence-corrected chi connectivity index (χ2v) is 4.81. The summed E-state index contributed by atoms with van der Waals surface area (Å²) in [6, 6.07) is 5.10. The smallest absolute Gasteiger partial charge is 0.263 e. The van der Waals surface area contributed by atoms with Crippen LogP contribution in [0.1, 0.15) is 16.8 Å². The molecule has 4 nitrogen and oxygen atoms in total. The van der Waals surface area contributed by atoms with E-state index in [0.717, 1.165) is 10.8 Å². The highest BCUT2D eigenvalue weighted by Crippen LogP contribution is 2.24. The van der Waals surface area contributed by atoms with Gasteiger partial charge in [0, 0.05) is 30.0 Å². The molecule has 17 heavy (non-hydrogen) atoms. The molecule has 1 aliphatic rings. The summed E-state index contributed by atoms with van der Waals surface area (Å²) in [7, 11) is 1.75. The van der Waals surface area contributed by atoms with Crippen molar-refractivity contribution >= 4 is 28.1 Å². The van der Waals surface area contributed by atoms with Gasteiger partial charge < -0.3 is 9.64 Å². The fourth-order valence-corrected chi connectivity index (χ4v) is 2.09. The number of likely N-dealkylation sites (N-methyl/N-ethyl adjacent to an activating group) is 1. The number of carbonyl (C=O) groups is 2. The molecule has 0 bridgehead atoms. The summed E-state index contributed by atoms with van der Waals surface area (Å²) in [6.45, 7) is 0.709. The van der Waals surface area contributed by atoms with E-state index in [0.29, 0.717) is 24.3 Å². The Labute approximate surface area is 108 Å². The molecule has 1 saturated heterocycles. The normalized spacial score (nSPS) is 19.5. The first-order valence-corrected chi connectivity index (χ1v) is 6.07. The second-order valence-electron chi connectivity index (χ2n) is 3.96. The Morgan fingerprint density at radius 1 is 1.53 bits per heavy atom. The van der Waals surface area contributed by atoms with Gasteiger partial charge in [0.1, 0.15) is 5.75 Å². The number of halogens is 1. The number of benzene rings is 1. The fourth-order valence-electron chi connectivity index (χ4n) is 1.75. The van der Waals surface area contributed by atoms with Crippen LogP contribution in [0.3, 0.4) is 0 Å². The van der Waals surface area contributed by atoms with Gasteiger partial charge in [-0.05, 0) is 18.2 Å². The molecule has 1 aliphatic heterocycles. The molecule has 1 unspecified atom stereocenters. The topological polar surface area (TPSA) is 46.6 Å². The Kier molecular flexibility index (Phi) is 3.47. The molecule has 0 spiro atoms. The van der Waals surface area contributed by atoms with Crippen LogP contribution in [0, 0.1) is 0 Å². The first-order chi connectivity index (χ1) is 8.11. The number of nitrogens with zero attached hydrogens (tertiary/aromatic N) is 1. The largest absolute Gasteiger partial charge is 0.481 e. The van der Waals surface area contributed by atoms with Gasteiger partial charge in [0.05, 0.1) is 0 Å². The van der Waals surface area contributed by atoms with Gasteiger partial charge in [-0.2, -0.15) is 0 Å². The number of carbonyl (C=O) groups excluding carboxylic acids is 2. The lowest BCUT2D eigenvalue weighted by atomic mass is 10.2. The number of amides is 1. The van der Waals surface area contributed by atoms with Crippen LogP contribution in [0.25, 0.3) is 0 Å². The summed E-state index contributed by atoms with van der Waals surface area (Å²) in [6.07, 6.45) is 1.00. The number of hydrogen-bond donors (Lipinski definition) is 0. The lowest BCUT2D eigenvalue weighted by Crippen LogP contribution is -2.29. The maximum absolute atomic E-state index is 11.7. The zero-order valence-electron chi connectivity index (χ0n) is 9.35. The standard InChI is InChI=1S/C12H12BrNO3/c1-14-5-4-11(12(14)16)17-9-2-3-10(13)8(6-9)7-15/h2-3,6-7,11H,4-5H2,1H3. The lowest BCUT2D eigenvalue weighted by molar-refractivity contribution is -0.132. The van der Waals surface area contributed by atoms with Crippen molar-refractivity contribution in [3.8, 4) is 5.75 Å². The summed E-state index contributed by atoms with van der Waals surface area (Å²) in [4.78, 5) is 24.1. The first kappa shape index (κ1) is 12.1. The van der Waals surface area contributed by atoms with Gasteiger partial charge in [0.2, 0.25) is 0 Å². The molecule has 0 N–H and O–H groups in total. The van der Waals surface area contributed by atoms with E-state index in [2.05, 4.69) is 15.9 Å². The molecule has 1 fully saturated rings. The van der Waals surface area contributed by atoms with E-state index in [-0.39, 0.29) is 5.91 Å². The molecule has 1 aromatic rings. The van der Waals surface area contributed by atoms with E-state index < -0.39 is 6.10 Å². The fraction of sp³-hybridized carbons (Fsp3) is 0.333. The highest BCUT2D eigenvalue weighted by molar-refractivity contribution is 9.10. The number of rotatable bonds is 3. The average Bonchev–Trinajstić information content (AvgIpc) is 2.63. The van der Waals surface area contributed by atoms with Crippen molar-refractivity contribution in [1.82, 2.24) is 4.90 Å². The summed E-state index contributed by atoms with van der Waals surface area (Å²) >= 11 is 3.26. The van der Waals surface area contributed by atoms with Gasteiger partial charge in [-0.15, -0.1) is 0 Å². The monoisotopic (exact) mass is 297 g/mol. The number of hydrogen-bond acceptors (Lipinski definition) is 3. The molecule has 90 valence electrons. The molecule has 1 atom stereocenters. The predicted molar refractivity (Wildman–Crippen MR) is 66.2 cm³/mol. The van der Waals surface area contributed by atoms with Crippen molar-refractivity contribution in [3.63, 3.8) is 0 Å². The van der Waals surface area contributed by atoms with Gasteiger partial charge in [-0.1, -0.05) is 15.9 Å². The first-order valence-electron chi connectivity index (χ1n) is 5.28. The van der Waals surface area contributed by atoms with E-state index in [1.54, 1.807) is 30.1 Å². The van der Waals surface area contributed by atoms with Crippen molar-refractivity contribution in [3.05, 3.63) is 28.2 Å². The van der Waals surface area contributed by atoms with E-state index in [1.165, 1.54) is 0 Å².